The Balaban J connectivity index is 3.81. The molecule has 0 bridgehead atoms. The highest BCUT2D eigenvalue weighted by atomic mass is 16.5. The van der Waals surface area contributed by atoms with E-state index < -0.39 is 0 Å². The number of hydroxylamine groups is 2. The maximum absolute atomic E-state index is 8.68. The molecule has 0 aliphatic heterocycles. The molecule has 0 rings (SSSR count). The average molecular weight is 270 g/mol. The van der Waals surface area contributed by atoms with Crippen LogP contribution in [0.4, 0.5) is 0 Å². The van der Waals surface area contributed by atoms with Gasteiger partial charge in [-0.05, 0) is 62.7 Å². The van der Waals surface area contributed by atoms with E-state index in [0.29, 0.717) is 11.4 Å². The Morgan fingerprint density at radius 1 is 0.789 bits per heavy atom. The Morgan fingerprint density at radius 3 is 1.63 bits per heavy atom. The quantitative estimate of drug-likeness (QED) is 0.247. The molecule has 0 unspecified atom stereocenters. The Morgan fingerprint density at radius 2 is 1.21 bits per heavy atom. The summed E-state index contributed by atoms with van der Waals surface area (Å²) in [6, 6.07) is 0. The van der Waals surface area contributed by atoms with Crippen molar-refractivity contribution in [3.63, 3.8) is 0 Å². The van der Waals surface area contributed by atoms with Crippen molar-refractivity contribution in [2.24, 2.45) is 67.8 Å². The van der Waals surface area contributed by atoms with E-state index in [-0.39, 0.29) is 6.67 Å². The van der Waals surface area contributed by atoms with Gasteiger partial charge in [0.25, 0.3) is 0 Å². The maximum atomic E-state index is 8.68. The molecule has 0 spiro atoms. The molecule has 0 amide bonds. The number of rotatable bonds is 9. The van der Waals surface area contributed by atoms with Crippen molar-refractivity contribution in [2.75, 3.05) is 6.67 Å². The minimum Gasteiger partial charge on any atom is -0.289 e. The molecule has 100 valence electrons. The van der Waals surface area contributed by atoms with Gasteiger partial charge in [0, 0.05) is 0 Å². The van der Waals surface area contributed by atoms with Crippen LogP contribution in [0.1, 0.15) is 0 Å². The monoisotopic (exact) mass is 270 g/mol. The third-order valence-corrected chi connectivity index (χ3v) is 0.865. The van der Waals surface area contributed by atoms with Gasteiger partial charge < -0.3 is 0 Å². The molecule has 19 heavy (non-hydrogen) atoms. The first-order valence-corrected chi connectivity index (χ1v) is 4.00. The first-order chi connectivity index (χ1) is 9.31. The van der Waals surface area contributed by atoms with Crippen LogP contribution in [-0.2, 0) is 0 Å². The fourth-order valence-corrected chi connectivity index (χ4v) is 0.343. The van der Waals surface area contributed by atoms with Crippen LogP contribution in [0.25, 0.3) is 0 Å². The Kier molecular flexibility index (Phi) is 10.4. The van der Waals surface area contributed by atoms with Crippen molar-refractivity contribution >= 4 is 6.34 Å². The molecule has 0 fully saturated rings. The molecule has 0 saturated heterocycles. The van der Waals surface area contributed by atoms with Gasteiger partial charge in [-0.3, -0.25) is 10.6 Å². The average Bonchev–Trinajstić information content (AvgIpc) is 2.43. The predicted octanol–water partition coefficient (Wildman–Crippen LogP) is 2.48. The second kappa shape index (κ2) is 12.7. The minimum atomic E-state index is -0.279. The molecular formula is C2H6N16O. The second-order valence-corrected chi connectivity index (χ2v) is 1.94. The van der Waals surface area contributed by atoms with E-state index in [0.717, 1.165) is 0 Å². The maximum Gasteiger partial charge on any atom is 0.159 e. The molecule has 17 nitrogen and oxygen atoms in total. The molecule has 17 heteroatoms. The zero-order valence-corrected chi connectivity index (χ0v) is 8.99. The Bertz CT molecular complexity index is 412. The van der Waals surface area contributed by atoms with Crippen LogP contribution in [0.3, 0.4) is 0 Å². The third kappa shape index (κ3) is 12.6. The predicted molar refractivity (Wildman–Crippen MR) is 51.6 cm³/mol. The third-order valence-electron chi connectivity index (χ3n) is 0.865. The van der Waals surface area contributed by atoms with Gasteiger partial charge in [0.05, 0.1) is 0 Å². The van der Waals surface area contributed by atoms with Crippen LogP contribution in [0, 0.1) is 10.9 Å². The molecule has 0 aliphatic carbocycles. The lowest BCUT2D eigenvalue weighted by molar-refractivity contribution is -0.00771. The lowest BCUT2D eigenvalue weighted by Crippen LogP contribution is -2.15. The summed E-state index contributed by atoms with van der Waals surface area (Å²) in [5.74, 6) is 0. The van der Waals surface area contributed by atoms with Gasteiger partial charge in [0.1, 0.15) is 6.34 Å². The van der Waals surface area contributed by atoms with Crippen LogP contribution >= 0.6 is 0 Å². The molecule has 0 aromatic carbocycles. The van der Waals surface area contributed by atoms with Gasteiger partial charge in [0.15, 0.2) is 6.67 Å². The zero-order valence-electron chi connectivity index (χ0n) is 8.99. The largest absolute Gasteiger partial charge is 0.289 e. The molecule has 0 saturated carbocycles. The highest BCUT2D eigenvalue weighted by molar-refractivity contribution is 5.48. The molecular weight excluding hydrogens is 264 g/mol. The van der Waals surface area contributed by atoms with E-state index in [1.165, 1.54) is 0 Å². The van der Waals surface area contributed by atoms with Crippen LogP contribution in [0.15, 0.2) is 67.8 Å². The Labute approximate surface area is 103 Å². The molecule has 0 radical (unpaired) electrons. The van der Waals surface area contributed by atoms with Gasteiger partial charge in [-0.2, -0.15) is 5.53 Å². The first kappa shape index (κ1) is 15.6. The first-order valence-electron chi connectivity index (χ1n) is 4.00. The standard InChI is InChI=1S/C2H6N16O/c3-1-18(19)2-5-7-9-11-13-15-17-16-14-12-10-8-6-4/h1,3-4,19H,2H2/b3-1?,6-4?,7-5?,10-8+,11-9+,14-12+,15-13+,17-16+. The van der Waals surface area contributed by atoms with Crippen molar-refractivity contribution in [1.29, 1.82) is 10.9 Å². The van der Waals surface area contributed by atoms with E-state index in [9.17, 15) is 0 Å². The highest BCUT2D eigenvalue weighted by Gasteiger charge is 1.86. The minimum absolute atomic E-state index is 0.279. The summed E-state index contributed by atoms with van der Waals surface area (Å²) in [4.78, 5) is 0. The van der Waals surface area contributed by atoms with Gasteiger partial charge in [-0.15, -0.1) is 5.11 Å². The smallest absolute Gasteiger partial charge is 0.159 e. The summed E-state index contributed by atoms with van der Waals surface area (Å²) >= 11 is 0. The normalized spacial score (nSPS) is 12.9. The van der Waals surface area contributed by atoms with Crippen molar-refractivity contribution in [2.45, 2.75) is 0 Å². The SMILES string of the molecule is N=CN(O)CN=N/N=N/N=N/N=N/N=N/N=N/N=N. The molecule has 0 aliphatic rings. The van der Waals surface area contributed by atoms with Gasteiger partial charge in [-0.1, -0.05) is 0 Å². The fourth-order valence-electron chi connectivity index (χ4n) is 0.343. The zero-order chi connectivity index (χ0) is 14.2. The van der Waals surface area contributed by atoms with Crippen molar-refractivity contribution in [3.8, 4) is 0 Å². The van der Waals surface area contributed by atoms with Crippen LogP contribution in [0.2, 0.25) is 0 Å². The van der Waals surface area contributed by atoms with Crippen LogP contribution in [0.5, 0.6) is 0 Å². The molecule has 0 atom stereocenters. The summed E-state index contributed by atoms with van der Waals surface area (Å²) in [6.45, 7) is -0.279. The van der Waals surface area contributed by atoms with Crippen molar-refractivity contribution in [1.82, 2.24) is 5.06 Å². The molecule has 0 aromatic rings. The van der Waals surface area contributed by atoms with Gasteiger partial charge >= 0.3 is 0 Å². The summed E-state index contributed by atoms with van der Waals surface area (Å²) in [5, 5.41) is 54.0. The highest BCUT2D eigenvalue weighted by Crippen LogP contribution is 1.88. The van der Waals surface area contributed by atoms with E-state index in [1.807, 2.05) is 0 Å². The van der Waals surface area contributed by atoms with Crippen LogP contribution < -0.4 is 0 Å². The summed E-state index contributed by atoms with van der Waals surface area (Å²) in [5.41, 5.74) is 6.19. The number of hydrogen-bond donors (Lipinski definition) is 3. The van der Waals surface area contributed by atoms with Gasteiger partial charge in [-0.25, -0.2) is 5.06 Å². The van der Waals surface area contributed by atoms with Crippen molar-refractivity contribution < 1.29 is 5.21 Å². The Hall–Kier alpha value is -3.37. The number of nitrogens with zero attached hydrogens (tertiary/aromatic N) is 14. The summed E-state index contributed by atoms with van der Waals surface area (Å²) in [7, 11) is 0. The van der Waals surface area contributed by atoms with E-state index in [2.05, 4.69) is 67.8 Å². The lowest BCUT2D eigenvalue weighted by atomic mass is 11.0. The molecule has 0 heterocycles. The number of hydrogen-bond acceptors (Lipinski definition) is 4. The summed E-state index contributed by atoms with van der Waals surface area (Å²) in [6.07, 6.45) is 0.627. The fraction of sp³-hybridized carbons (Fsp3) is 0.500. The summed E-state index contributed by atoms with van der Waals surface area (Å²) < 4.78 is 0. The van der Waals surface area contributed by atoms with E-state index >= 15 is 0 Å². The van der Waals surface area contributed by atoms with Crippen LogP contribution in [-0.4, -0.2) is 23.3 Å². The topological polar surface area (TPSA) is 232 Å². The number of nitrogens with one attached hydrogen (secondary N) is 2. The molecule has 0 aromatic heterocycles. The lowest BCUT2D eigenvalue weighted by Gasteiger charge is -2.01. The second-order valence-electron chi connectivity index (χ2n) is 1.94. The molecule has 3 N–H and O–H groups in total. The van der Waals surface area contributed by atoms with E-state index in [1.54, 1.807) is 0 Å². The van der Waals surface area contributed by atoms with Gasteiger partial charge in [0.2, 0.25) is 0 Å². The van der Waals surface area contributed by atoms with E-state index in [4.69, 9.17) is 16.1 Å². The van der Waals surface area contributed by atoms with Crippen molar-refractivity contribution in [3.05, 3.63) is 0 Å².